The number of ether oxygens (including phenoxy) is 1. The number of furan rings is 1. The summed E-state index contributed by atoms with van der Waals surface area (Å²) in [6.45, 7) is 4.64. The molecule has 25 heavy (non-hydrogen) atoms. The van der Waals surface area contributed by atoms with E-state index >= 15 is 0 Å². The Bertz CT molecular complexity index is 761. The number of carbonyl (C=O) groups is 1. The van der Waals surface area contributed by atoms with Crippen molar-refractivity contribution in [1.82, 2.24) is 15.3 Å². The van der Waals surface area contributed by atoms with E-state index in [9.17, 15) is 4.79 Å². The molecule has 1 aliphatic heterocycles. The van der Waals surface area contributed by atoms with Crippen molar-refractivity contribution in [1.29, 1.82) is 0 Å². The highest BCUT2D eigenvalue weighted by atomic mass is 16.5. The zero-order valence-electron chi connectivity index (χ0n) is 14.6. The van der Waals surface area contributed by atoms with Crippen LogP contribution in [0.1, 0.15) is 48.2 Å². The van der Waals surface area contributed by atoms with E-state index in [1.807, 2.05) is 6.92 Å². The third-order valence-electron chi connectivity index (χ3n) is 5.12. The minimum Gasteiger partial charge on any atom is -0.442 e. The Kier molecular flexibility index (Phi) is 4.57. The van der Waals surface area contributed by atoms with Gasteiger partial charge in [0.25, 0.3) is 5.91 Å². The molecule has 0 bridgehead atoms. The maximum absolute atomic E-state index is 13.0. The first-order chi connectivity index (χ1) is 12.2. The number of hydrogen-bond acceptors (Lipinski definition) is 6. The third-order valence-corrected chi connectivity index (χ3v) is 5.12. The summed E-state index contributed by atoms with van der Waals surface area (Å²) >= 11 is 0. The van der Waals surface area contributed by atoms with Gasteiger partial charge in [-0.2, -0.15) is 0 Å². The molecule has 1 amide bonds. The molecule has 1 saturated carbocycles. The van der Waals surface area contributed by atoms with Gasteiger partial charge < -0.3 is 19.4 Å². The molecule has 1 N–H and O–H groups in total. The molecule has 2 aliphatic rings. The van der Waals surface area contributed by atoms with Crippen molar-refractivity contribution in [3.05, 3.63) is 17.7 Å². The molecule has 2 aromatic rings. The predicted molar refractivity (Wildman–Crippen MR) is 93.9 cm³/mol. The first kappa shape index (κ1) is 16.3. The van der Waals surface area contributed by atoms with E-state index in [0.717, 1.165) is 37.1 Å². The van der Waals surface area contributed by atoms with E-state index in [1.54, 1.807) is 0 Å². The van der Waals surface area contributed by atoms with Gasteiger partial charge in [-0.15, -0.1) is 0 Å². The van der Waals surface area contributed by atoms with Crippen molar-refractivity contribution in [3.8, 4) is 0 Å². The van der Waals surface area contributed by atoms with Crippen LogP contribution in [0.15, 0.2) is 10.7 Å². The lowest BCUT2D eigenvalue weighted by Crippen LogP contribution is -2.38. The number of aromatic nitrogens is 2. The Morgan fingerprint density at radius 1 is 1.20 bits per heavy atom. The molecule has 0 atom stereocenters. The fourth-order valence-corrected chi connectivity index (χ4v) is 3.82. The number of nitrogens with one attached hydrogen (secondary N) is 1. The van der Waals surface area contributed by atoms with E-state index in [1.165, 1.54) is 25.6 Å². The van der Waals surface area contributed by atoms with Crippen molar-refractivity contribution < 1.29 is 13.9 Å². The van der Waals surface area contributed by atoms with E-state index in [-0.39, 0.29) is 11.9 Å². The molecule has 0 radical (unpaired) electrons. The highest BCUT2D eigenvalue weighted by molar-refractivity contribution is 6.10. The maximum atomic E-state index is 13.0. The first-order valence-electron chi connectivity index (χ1n) is 9.11. The van der Waals surface area contributed by atoms with Gasteiger partial charge in [0.1, 0.15) is 17.9 Å². The van der Waals surface area contributed by atoms with Gasteiger partial charge in [-0.3, -0.25) is 4.79 Å². The fraction of sp³-hybridized carbons (Fsp3) is 0.611. The molecule has 3 heterocycles. The van der Waals surface area contributed by atoms with E-state index in [4.69, 9.17) is 9.15 Å². The molecule has 2 aromatic heterocycles. The largest absolute Gasteiger partial charge is 0.442 e. The second-order valence-corrected chi connectivity index (χ2v) is 6.82. The highest BCUT2D eigenvalue weighted by Crippen LogP contribution is 2.32. The predicted octanol–water partition coefficient (Wildman–Crippen LogP) is 2.43. The van der Waals surface area contributed by atoms with Gasteiger partial charge in [-0.05, 0) is 19.8 Å². The van der Waals surface area contributed by atoms with Crippen LogP contribution < -0.4 is 10.2 Å². The molecule has 1 aliphatic carbocycles. The molecule has 2 fully saturated rings. The Hall–Kier alpha value is -2.15. The van der Waals surface area contributed by atoms with E-state index < -0.39 is 0 Å². The monoisotopic (exact) mass is 344 g/mol. The Balaban J connectivity index is 1.69. The highest BCUT2D eigenvalue weighted by Gasteiger charge is 2.27. The van der Waals surface area contributed by atoms with Crippen LogP contribution in [0.3, 0.4) is 0 Å². The van der Waals surface area contributed by atoms with Gasteiger partial charge in [0, 0.05) is 19.1 Å². The number of anilines is 1. The normalized spacial score (nSPS) is 19.3. The lowest BCUT2D eigenvalue weighted by Gasteiger charge is -2.28. The van der Waals surface area contributed by atoms with Gasteiger partial charge in [0.05, 0.1) is 24.2 Å². The summed E-state index contributed by atoms with van der Waals surface area (Å²) in [6, 6.07) is 0.252. The quantitative estimate of drug-likeness (QED) is 0.921. The standard InChI is InChI=1S/C18H24N4O3/c1-12-14(17(23)21-13-5-3-2-4-6-13)15-16(19-11-20-18(15)25-12)22-7-9-24-10-8-22/h11,13H,2-10H2,1H3,(H,21,23). The second kappa shape index (κ2) is 7.00. The topological polar surface area (TPSA) is 80.5 Å². The van der Waals surface area contributed by atoms with Crippen molar-refractivity contribution in [2.24, 2.45) is 0 Å². The summed E-state index contributed by atoms with van der Waals surface area (Å²) in [4.78, 5) is 23.8. The molecule has 7 nitrogen and oxygen atoms in total. The minimum absolute atomic E-state index is 0.0764. The molecule has 0 aromatic carbocycles. The first-order valence-corrected chi connectivity index (χ1v) is 9.11. The molecule has 7 heteroatoms. The summed E-state index contributed by atoms with van der Waals surface area (Å²) in [7, 11) is 0. The number of carbonyl (C=O) groups excluding carboxylic acids is 1. The number of aryl methyl sites for hydroxylation is 1. The summed E-state index contributed by atoms with van der Waals surface area (Å²) in [5.41, 5.74) is 1.05. The van der Waals surface area contributed by atoms with Crippen LogP contribution >= 0.6 is 0 Å². The minimum atomic E-state index is -0.0764. The molecular weight excluding hydrogens is 320 g/mol. The lowest BCUT2D eigenvalue weighted by molar-refractivity contribution is 0.0927. The van der Waals surface area contributed by atoms with Gasteiger partial charge in [-0.1, -0.05) is 19.3 Å². The van der Waals surface area contributed by atoms with Crippen molar-refractivity contribution in [2.75, 3.05) is 31.2 Å². The molecule has 0 unspecified atom stereocenters. The Morgan fingerprint density at radius 3 is 2.72 bits per heavy atom. The van der Waals surface area contributed by atoms with Crippen LogP contribution in [0.25, 0.3) is 11.1 Å². The van der Waals surface area contributed by atoms with Crippen LogP contribution in [0.2, 0.25) is 0 Å². The molecule has 1 saturated heterocycles. The van der Waals surface area contributed by atoms with Gasteiger partial charge in [0.2, 0.25) is 5.71 Å². The summed E-state index contributed by atoms with van der Waals surface area (Å²) in [6.07, 6.45) is 7.21. The molecule has 4 rings (SSSR count). The van der Waals surface area contributed by atoms with E-state index in [2.05, 4.69) is 20.2 Å². The summed E-state index contributed by atoms with van der Waals surface area (Å²) in [5, 5.41) is 3.90. The Labute approximate surface area is 146 Å². The van der Waals surface area contributed by atoms with Crippen LogP contribution in [0, 0.1) is 6.92 Å². The van der Waals surface area contributed by atoms with Crippen molar-refractivity contribution in [2.45, 2.75) is 45.1 Å². The average molecular weight is 344 g/mol. The SMILES string of the molecule is Cc1oc2ncnc(N3CCOCC3)c2c1C(=O)NC1CCCCC1. The van der Waals surface area contributed by atoms with Gasteiger partial charge >= 0.3 is 0 Å². The maximum Gasteiger partial charge on any atom is 0.255 e. The number of fused-ring (bicyclic) bond motifs is 1. The smallest absolute Gasteiger partial charge is 0.255 e. The number of nitrogens with zero attached hydrogens (tertiary/aromatic N) is 3. The number of rotatable bonds is 3. The second-order valence-electron chi connectivity index (χ2n) is 6.82. The lowest BCUT2D eigenvalue weighted by atomic mass is 9.95. The van der Waals surface area contributed by atoms with Crippen LogP contribution in [-0.2, 0) is 4.74 Å². The zero-order chi connectivity index (χ0) is 17.2. The van der Waals surface area contributed by atoms with Crippen LogP contribution in [-0.4, -0.2) is 48.2 Å². The molecule has 0 spiro atoms. The van der Waals surface area contributed by atoms with Crippen molar-refractivity contribution >= 4 is 22.8 Å². The van der Waals surface area contributed by atoms with Crippen LogP contribution in [0.4, 0.5) is 5.82 Å². The van der Waals surface area contributed by atoms with Gasteiger partial charge in [0.15, 0.2) is 0 Å². The Morgan fingerprint density at radius 2 is 1.96 bits per heavy atom. The fourth-order valence-electron chi connectivity index (χ4n) is 3.82. The summed E-state index contributed by atoms with van der Waals surface area (Å²) in [5.74, 6) is 1.28. The number of morpholine rings is 1. The van der Waals surface area contributed by atoms with Crippen LogP contribution in [0.5, 0.6) is 0 Å². The average Bonchev–Trinajstić information content (AvgIpc) is 2.99. The van der Waals surface area contributed by atoms with Gasteiger partial charge in [-0.25, -0.2) is 9.97 Å². The molecular formula is C18H24N4O3. The number of amides is 1. The molecule has 134 valence electrons. The number of hydrogen-bond donors (Lipinski definition) is 1. The zero-order valence-corrected chi connectivity index (χ0v) is 14.6. The van der Waals surface area contributed by atoms with Crippen molar-refractivity contribution in [3.63, 3.8) is 0 Å². The van der Waals surface area contributed by atoms with E-state index in [0.29, 0.717) is 30.3 Å². The third kappa shape index (κ3) is 3.20. The summed E-state index contributed by atoms with van der Waals surface area (Å²) < 4.78 is 11.2.